The van der Waals surface area contributed by atoms with E-state index >= 15 is 0 Å². The van der Waals surface area contributed by atoms with Gasteiger partial charge in [-0.2, -0.15) is 0 Å². The highest BCUT2D eigenvalue weighted by atomic mass is 16.3. The molecule has 7 nitrogen and oxygen atoms in total. The Kier molecular flexibility index (Phi) is 6.16. The van der Waals surface area contributed by atoms with Gasteiger partial charge in [0.25, 0.3) is 5.91 Å². The topological polar surface area (TPSA) is 81.8 Å². The molecule has 2 N–H and O–H groups in total. The normalized spacial score (nSPS) is 16.0. The summed E-state index contributed by atoms with van der Waals surface area (Å²) in [6, 6.07) is 10.5. The Morgan fingerprint density at radius 3 is 2.48 bits per heavy atom. The Balaban J connectivity index is 1.44. The van der Waals surface area contributed by atoms with Crippen LogP contribution in [-0.2, 0) is 13.1 Å². The number of aromatic nitrogens is 1. The van der Waals surface area contributed by atoms with E-state index in [4.69, 9.17) is 9.52 Å². The lowest BCUT2D eigenvalue weighted by Gasteiger charge is -2.34. The molecule has 2 aromatic rings. The Labute approximate surface area is 147 Å². The molecule has 25 heavy (non-hydrogen) atoms. The molecule has 2 heterocycles. The van der Waals surface area contributed by atoms with Crippen molar-refractivity contribution in [2.75, 3.05) is 39.3 Å². The summed E-state index contributed by atoms with van der Waals surface area (Å²) in [5.41, 5.74) is 1.59. The van der Waals surface area contributed by atoms with Crippen molar-refractivity contribution in [2.45, 2.75) is 13.1 Å². The second kappa shape index (κ2) is 8.75. The first-order chi connectivity index (χ1) is 12.2. The zero-order valence-corrected chi connectivity index (χ0v) is 14.2. The van der Waals surface area contributed by atoms with E-state index in [1.807, 2.05) is 6.07 Å². The lowest BCUT2D eigenvalue weighted by molar-refractivity contribution is 0.0939. The first kappa shape index (κ1) is 17.6. The molecular weight excluding hydrogens is 320 g/mol. The molecule has 7 heteroatoms. The molecule has 0 aliphatic carbocycles. The van der Waals surface area contributed by atoms with Gasteiger partial charge in [-0.05, 0) is 5.56 Å². The Hall–Kier alpha value is -2.22. The van der Waals surface area contributed by atoms with Crippen LogP contribution in [0.25, 0.3) is 0 Å². The zero-order valence-electron chi connectivity index (χ0n) is 14.2. The van der Waals surface area contributed by atoms with Crippen molar-refractivity contribution in [3.05, 3.63) is 53.7 Å². The lowest BCUT2D eigenvalue weighted by atomic mass is 10.2. The second-order valence-electron chi connectivity index (χ2n) is 6.14. The minimum atomic E-state index is -0.322. The first-order valence-electron chi connectivity index (χ1n) is 8.56. The quantitative estimate of drug-likeness (QED) is 0.770. The summed E-state index contributed by atoms with van der Waals surface area (Å²) in [5, 5.41) is 11.3. The summed E-state index contributed by atoms with van der Waals surface area (Å²) in [6.45, 7) is 5.59. The summed E-state index contributed by atoms with van der Waals surface area (Å²) in [6.07, 6.45) is 1.37. The van der Waals surface area contributed by atoms with Crippen LogP contribution in [0.3, 0.4) is 0 Å². The van der Waals surface area contributed by atoms with Crippen LogP contribution in [-0.4, -0.2) is 65.1 Å². The van der Waals surface area contributed by atoms with Crippen LogP contribution < -0.4 is 5.32 Å². The number of benzene rings is 1. The Morgan fingerprint density at radius 2 is 1.80 bits per heavy atom. The van der Waals surface area contributed by atoms with Crippen LogP contribution in [0.2, 0.25) is 0 Å². The van der Waals surface area contributed by atoms with Crippen molar-refractivity contribution in [2.24, 2.45) is 0 Å². The average molecular weight is 344 g/mol. The van der Waals surface area contributed by atoms with Gasteiger partial charge in [0.2, 0.25) is 5.89 Å². The van der Waals surface area contributed by atoms with E-state index in [0.717, 1.165) is 32.7 Å². The van der Waals surface area contributed by atoms with E-state index in [-0.39, 0.29) is 24.8 Å². The highest BCUT2D eigenvalue weighted by molar-refractivity contribution is 5.91. The summed E-state index contributed by atoms with van der Waals surface area (Å²) >= 11 is 0. The van der Waals surface area contributed by atoms with Crippen molar-refractivity contribution in [3.63, 3.8) is 0 Å². The van der Waals surface area contributed by atoms with E-state index in [9.17, 15) is 4.79 Å². The van der Waals surface area contributed by atoms with Crippen LogP contribution in [0.15, 0.2) is 41.0 Å². The molecule has 0 radical (unpaired) electrons. The molecule has 1 amide bonds. The number of piperazine rings is 1. The van der Waals surface area contributed by atoms with Gasteiger partial charge in [0.15, 0.2) is 5.69 Å². The monoisotopic (exact) mass is 344 g/mol. The summed E-state index contributed by atoms with van der Waals surface area (Å²) in [4.78, 5) is 20.7. The van der Waals surface area contributed by atoms with Gasteiger partial charge in [-0.25, -0.2) is 4.98 Å². The number of nitrogens with one attached hydrogen (secondary N) is 1. The molecule has 1 saturated heterocycles. The van der Waals surface area contributed by atoms with Crippen molar-refractivity contribution in [3.8, 4) is 0 Å². The van der Waals surface area contributed by atoms with Crippen molar-refractivity contribution in [1.82, 2.24) is 20.1 Å². The molecule has 134 valence electrons. The molecule has 1 aromatic carbocycles. The minimum absolute atomic E-state index is 0.0935. The molecule has 0 spiro atoms. The lowest BCUT2D eigenvalue weighted by Crippen LogP contribution is -2.45. The number of rotatable bonds is 7. The highest BCUT2D eigenvalue weighted by Crippen LogP contribution is 2.11. The molecule has 0 unspecified atom stereocenters. The third-order valence-electron chi connectivity index (χ3n) is 4.25. The largest absolute Gasteiger partial charge is 0.447 e. The van der Waals surface area contributed by atoms with Crippen LogP contribution in [0.5, 0.6) is 0 Å². The SMILES string of the molecule is O=C(NCCO)c1coc(CN2CCN(Cc3ccccc3)CC2)n1. The van der Waals surface area contributed by atoms with Crippen molar-refractivity contribution >= 4 is 5.91 Å². The van der Waals surface area contributed by atoms with Gasteiger partial charge in [0.05, 0.1) is 13.2 Å². The molecule has 1 fully saturated rings. The Morgan fingerprint density at radius 1 is 1.12 bits per heavy atom. The predicted molar refractivity (Wildman–Crippen MR) is 92.9 cm³/mol. The maximum atomic E-state index is 11.8. The molecular formula is C18H24N4O3. The number of carbonyl (C=O) groups excluding carboxylic acids is 1. The number of amides is 1. The number of oxazole rings is 1. The molecule has 3 rings (SSSR count). The third kappa shape index (κ3) is 5.12. The molecule has 0 atom stereocenters. The van der Waals surface area contributed by atoms with E-state index in [2.05, 4.69) is 44.4 Å². The van der Waals surface area contributed by atoms with Gasteiger partial charge >= 0.3 is 0 Å². The number of nitrogens with zero attached hydrogens (tertiary/aromatic N) is 3. The van der Waals surface area contributed by atoms with Crippen molar-refractivity contribution in [1.29, 1.82) is 0 Å². The molecule has 0 saturated carbocycles. The van der Waals surface area contributed by atoms with Crippen LogP contribution in [0.1, 0.15) is 21.9 Å². The fourth-order valence-electron chi connectivity index (χ4n) is 2.89. The average Bonchev–Trinajstić information content (AvgIpc) is 3.11. The van der Waals surface area contributed by atoms with E-state index in [0.29, 0.717) is 12.4 Å². The predicted octanol–water partition coefficient (Wildman–Crippen LogP) is 0.714. The van der Waals surface area contributed by atoms with Crippen LogP contribution in [0.4, 0.5) is 0 Å². The smallest absolute Gasteiger partial charge is 0.273 e. The van der Waals surface area contributed by atoms with Crippen LogP contribution >= 0.6 is 0 Å². The van der Waals surface area contributed by atoms with Crippen LogP contribution in [0, 0.1) is 0 Å². The first-order valence-corrected chi connectivity index (χ1v) is 8.56. The maximum Gasteiger partial charge on any atom is 0.273 e. The Bertz CT molecular complexity index is 666. The van der Waals surface area contributed by atoms with Gasteiger partial charge in [-0.15, -0.1) is 0 Å². The number of hydrogen-bond donors (Lipinski definition) is 2. The van der Waals surface area contributed by atoms with Gasteiger partial charge in [-0.1, -0.05) is 30.3 Å². The molecule has 0 bridgehead atoms. The zero-order chi connectivity index (χ0) is 17.5. The van der Waals surface area contributed by atoms with Gasteiger partial charge in [0, 0.05) is 39.3 Å². The summed E-state index contributed by atoms with van der Waals surface area (Å²) in [7, 11) is 0. The fraction of sp³-hybridized carbons (Fsp3) is 0.444. The summed E-state index contributed by atoms with van der Waals surface area (Å²) < 4.78 is 5.40. The van der Waals surface area contributed by atoms with Gasteiger partial charge in [-0.3, -0.25) is 14.6 Å². The van der Waals surface area contributed by atoms with E-state index in [1.54, 1.807) is 0 Å². The molecule has 1 aromatic heterocycles. The number of carbonyl (C=O) groups is 1. The molecule has 1 aliphatic heterocycles. The standard InChI is InChI=1S/C18H24N4O3/c23-11-6-19-18(24)16-14-25-17(20-16)13-22-9-7-21(8-10-22)12-15-4-2-1-3-5-15/h1-5,14,23H,6-13H2,(H,19,24). The molecule has 1 aliphatic rings. The maximum absolute atomic E-state index is 11.8. The highest BCUT2D eigenvalue weighted by Gasteiger charge is 2.19. The second-order valence-corrected chi connectivity index (χ2v) is 6.14. The fourth-order valence-corrected chi connectivity index (χ4v) is 2.89. The van der Waals surface area contributed by atoms with Gasteiger partial charge in [0.1, 0.15) is 6.26 Å². The number of aliphatic hydroxyl groups excluding tert-OH is 1. The van der Waals surface area contributed by atoms with Crippen molar-refractivity contribution < 1.29 is 14.3 Å². The van der Waals surface area contributed by atoms with E-state index < -0.39 is 0 Å². The number of hydrogen-bond acceptors (Lipinski definition) is 6. The third-order valence-corrected chi connectivity index (χ3v) is 4.25. The summed E-state index contributed by atoms with van der Waals surface area (Å²) in [5.74, 6) is 0.224. The minimum Gasteiger partial charge on any atom is -0.447 e. The number of aliphatic hydroxyl groups is 1. The van der Waals surface area contributed by atoms with Gasteiger partial charge < -0.3 is 14.8 Å². The van der Waals surface area contributed by atoms with E-state index in [1.165, 1.54) is 11.8 Å².